The maximum atomic E-state index is 12.0. The number of thioether (sulfide) groups is 1. The molecule has 2 fully saturated rings. The van der Waals surface area contributed by atoms with Gasteiger partial charge in [-0.15, -0.1) is 11.8 Å². The van der Waals surface area contributed by atoms with E-state index in [0.29, 0.717) is 18.4 Å². The molecule has 0 amide bonds. The summed E-state index contributed by atoms with van der Waals surface area (Å²) >= 11 is 1.22. The van der Waals surface area contributed by atoms with Crippen molar-refractivity contribution in [2.24, 2.45) is 0 Å². The van der Waals surface area contributed by atoms with Crippen LogP contribution < -0.4 is 11.2 Å². The van der Waals surface area contributed by atoms with Crippen molar-refractivity contribution in [3.05, 3.63) is 32.6 Å². The molecule has 1 spiro atoms. The Hall–Kier alpha value is -1.09. The molecule has 21 heavy (non-hydrogen) atoms. The predicted molar refractivity (Wildman–Crippen MR) is 77.3 cm³/mol. The summed E-state index contributed by atoms with van der Waals surface area (Å²) in [5.74, 6) is 0. The molecule has 1 aromatic heterocycles. The van der Waals surface area contributed by atoms with Crippen molar-refractivity contribution >= 4 is 11.8 Å². The van der Waals surface area contributed by atoms with Gasteiger partial charge in [-0.3, -0.25) is 14.3 Å². The largest absolute Gasteiger partial charge is 0.392 e. The molecule has 0 radical (unpaired) electrons. The summed E-state index contributed by atoms with van der Waals surface area (Å²) in [6, 6.07) is 0. The second-order valence-electron chi connectivity index (χ2n) is 5.79. The molecule has 7 nitrogen and oxygen atoms in total. The second-order valence-corrected chi connectivity index (χ2v) is 7.26. The van der Waals surface area contributed by atoms with Crippen LogP contribution in [0.5, 0.6) is 0 Å². The van der Waals surface area contributed by atoms with Crippen molar-refractivity contribution in [2.75, 3.05) is 0 Å². The smallest absolute Gasteiger partial charge is 0.329 e. The van der Waals surface area contributed by atoms with Gasteiger partial charge in [-0.1, -0.05) is 0 Å². The van der Waals surface area contributed by atoms with Crippen LogP contribution in [-0.2, 0) is 0 Å². The Balaban J connectivity index is 2.03. The molecule has 1 aromatic rings. The minimum absolute atomic E-state index is 0.352. The van der Waals surface area contributed by atoms with Gasteiger partial charge in [-0.25, -0.2) is 4.79 Å². The lowest BCUT2D eigenvalue weighted by atomic mass is 9.94. The topological polar surface area (TPSA) is 116 Å². The van der Waals surface area contributed by atoms with Crippen LogP contribution in [0.1, 0.15) is 30.2 Å². The van der Waals surface area contributed by atoms with Gasteiger partial charge in [-0.2, -0.15) is 0 Å². The van der Waals surface area contributed by atoms with Crippen molar-refractivity contribution in [1.29, 1.82) is 0 Å². The van der Waals surface area contributed by atoms with Crippen LogP contribution in [0.15, 0.2) is 15.8 Å². The summed E-state index contributed by atoms with van der Waals surface area (Å²) in [6.45, 7) is 1.57. The molecule has 8 heteroatoms. The van der Waals surface area contributed by atoms with E-state index in [0.717, 1.165) is 6.42 Å². The van der Waals surface area contributed by atoms with E-state index in [1.807, 2.05) is 0 Å². The molecule has 1 aliphatic carbocycles. The average Bonchev–Trinajstić information content (AvgIpc) is 2.91. The van der Waals surface area contributed by atoms with E-state index >= 15 is 0 Å². The number of nitrogens with zero attached hydrogens (tertiary/aromatic N) is 1. The van der Waals surface area contributed by atoms with Crippen LogP contribution in [0.3, 0.4) is 0 Å². The number of hydrogen-bond donors (Lipinski definition) is 4. The molecule has 1 saturated heterocycles. The van der Waals surface area contributed by atoms with Crippen LogP contribution in [-0.4, -0.2) is 47.9 Å². The van der Waals surface area contributed by atoms with Gasteiger partial charge in [0.2, 0.25) is 0 Å². The molecule has 5 atom stereocenters. The third-order valence-electron chi connectivity index (χ3n) is 4.49. The molecule has 0 unspecified atom stereocenters. The molecule has 1 saturated carbocycles. The van der Waals surface area contributed by atoms with Crippen molar-refractivity contribution in [3.63, 3.8) is 0 Å². The number of hydrogen-bond acceptors (Lipinski definition) is 6. The van der Waals surface area contributed by atoms with E-state index in [9.17, 15) is 24.9 Å². The first-order valence-corrected chi connectivity index (χ1v) is 7.79. The van der Waals surface area contributed by atoms with Crippen LogP contribution in [0, 0.1) is 6.92 Å². The average molecular weight is 314 g/mol. The zero-order chi connectivity index (χ0) is 15.4. The number of aliphatic hydroxyl groups is 3. The first-order valence-electron chi connectivity index (χ1n) is 6.91. The van der Waals surface area contributed by atoms with E-state index in [2.05, 4.69) is 4.98 Å². The standard InChI is InChI=1S/C13H18N2O5S/c1-6-5-15(12(20)14-10(6)19)11-8(17)9(18)13(21-11)4-2-3-7(13)16/h5,7-9,11,16-18H,2-4H2,1H3,(H,14,19,20)/t7-,8-,9+,11-,13+/m1/s1. The predicted octanol–water partition coefficient (Wildman–Crippen LogP) is -0.904. The van der Waals surface area contributed by atoms with Gasteiger partial charge in [0.05, 0.1) is 17.0 Å². The van der Waals surface area contributed by atoms with E-state index in [-0.39, 0.29) is 0 Å². The summed E-state index contributed by atoms with van der Waals surface area (Å²) in [7, 11) is 0. The minimum Gasteiger partial charge on any atom is -0.392 e. The monoisotopic (exact) mass is 314 g/mol. The van der Waals surface area contributed by atoms with Gasteiger partial charge in [0.1, 0.15) is 11.5 Å². The van der Waals surface area contributed by atoms with Gasteiger partial charge in [0.25, 0.3) is 5.56 Å². The summed E-state index contributed by atoms with van der Waals surface area (Å²) in [5.41, 5.74) is -0.742. The third-order valence-corrected chi connectivity index (χ3v) is 6.39. The van der Waals surface area contributed by atoms with Gasteiger partial charge in [0.15, 0.2) is 0 Å². The third kappa shape index (κ3) is 2.09. The molecule has 0 bridgehead atoms. The second kappa shape index (κ2) is 4.98. The first-order chi connectivity index (χ1) is 9.86. The Labute approximate surface area is 124 Å². The Bertz CT molecular complexity index is 671. The molecule has 4 N–H and O–H groups in total. The van der Waals surface area contributed by atoms with Crippen molar-refractivity contribution in [2.45, 2.75) is 54.6 Å². The van der Waals surface area contributed by atoms with Gasteiger partial charge in [0, 0.05) is 11.8 Å². The van der Waals surface area contributed by atoms with Crippen molar-refractivity contribution in [1.82, 2.24) is 9.55 Å². The SMILES string of the molecule is Cc1cn([C@@H]2S[C@]3(CCC[C@H]3O)[C@@H](O)[C@H]2O)c(=O)[nH]c1=O. The van der Waals surface area contributed by atoms with Crippen LogP contribution >= 0.6 is 11.8 Å². The zero-order valence-corrected chi connectivity index (χ0v) is 12.3. The molecule has 2 heterocycles. The van der Waals surface area contributed by atoms with E-state index < -0.39 is 39.7 Å². The highest BCUT2D eigenvalue weighted by Crippen LogP contribution is 2.56. The van der Waals surface area contributed by atoms with Crippen LogP contribution in [0.2, 0.25) is 0 Å². The number of aliphatic hydroxyl groups excluding tert-OH is 3. The molecule has 116 valence electrons. The fraction of sp³-hybridized carbons (Fsp3) is 0.692. The summed E-state index contributed by atoms with van der Waals surface area (Å²) in [4.78, 5) is 25.6. The molecule has 2 aliphatic rings. The lowest BCUT2D eigenvalue weighted by Gasteiger charge is -2.30. The Morgan fingerprint density at radius 1 is 1.38 bits per heavy atom. The van der Waals surface area contributed by atoms with Crippen LogP contribution in [0.25, 0.3) is 0 Å². The Morgan fingerprint density at radius 2 is 2.10 bits per heavy atom. The lowest BCUT2D eigenvalue weighted by Crippen LogP contribution is -2.46. The highest BCUT2D eigenvalue weighted by atomic mass is 32.2. The molecule has 0 aromatic carbocycles. The molecule has 1 aliphatic heterocycles. The van der Waals surface area contributed by atoms with E-state index in [1.165, 1.54) is 22.5 Å². The minimum atomic E-state index is -1.18. The number of H-pyrrole nitrogens is 1. The highest BCUT2D eigenvalue weighted by Gasteiger charge is 2.59. The summed E-state index contributed by atoms with van der Waals surface area (Å²) in [5, 5.41) is 30.1. The molecule has 3 rings (SSSR count). The lowest BCUT2D eigenvalue weighted by molar-refractivity contribution is -0.0259. The Kier molecular flexibility index (Phi) is 3.52. The normalized spacial score (nSPS) is 39.2. The quantitative estimate of drug-likeness (QED) is 0.534. The summed E-state index contributed by atoms with van der Waals surface area (Å²) < 4.78 is 0.392. The van der Waals surface area contributed by atoms with Crippen molar-refractivity contribution < 1.29 is 15.3 Å². The van der Waals surface area contributed by atoms with Gasteiger partial charge >= 0.3 is 5.69 Å². The zero-order valence-electron chi connectivity index (χ0n) is 11.5. The highest BCUT2D eigenvalue weighted by molar-refractivity contribution is 8.01. The fourth-order valence-electron chi connectivity index (χ4n) is 3.27. The number of aromatic amines is 1. The van der Waals surface area contributed by atoms with Crippen LogP contribution in [0.4, 0.5) is 0 Å². The van der Waals surface area contributed by atoms with E-state index in [4.69, 9.17) is 0 Å². The number of aryl methyl sites for hydroxylation is 1. The van der Waals surface area contributed by atoms with Gasteiger partial charge in [-0.05, 0) is 26.2 Å². The maximum absolute atomic E-state index is 12.0. The first kappa shape index (κ1) is 14.8. The maximum Gasteiger partial charge on any atom is 0.329 e. The van der Waals surface area contributed by atoms with Gasteiger partial charge < -0.3 is 15.3 Å². The molecular formula is C13H18N2O5S. The fourth-order valence-corrected chi connectivity index (χ4v) is 5.09. The number of rotatable bonds is 1. The van der Waals surface area contributed by atoms with Crippen molar-refractivity contribution in [3.8, 4) is 0 Å². The summed E-state index contributed by atoms with van der Waals surface area (Å²) in [6.07, 6.45) is 0.319. The van der Waals surface area contributed by atoms with E-state index in [1.54, 1.807) is 6.92 Å². The Morgan fingerprint density at radius 3 is 2.71 bits per heavy atom. The molecular weight excluding hydrogens is 296 g/mol. The number of aromatic nitrogens is 2. The number of nitrogens with one attached hydrogen (secondary N) is 1.